The van der Waals surface area contributed by atoms with Crippen molar-refractivity contribution in [2.75, 3.05) is 18.4 Å². The lowest BCUT2D eigenvalue weighted by molar-refractivity contribution is -0.131. The SMILES string of the molecule is CC(=O)N1CCCC(Oc2ccc3c(Nc4ccc(Cl)nc4)nccc3c2)C1. The monoisotopic (exact) mass is 396 g/mol. The van der Waals surface area contributed by atoms with Crippen LogP contribution in [-0.2, 0) is 4.79 Å². The van der Waals surface area contributed by atoms with Crippen molar-refractivity contribution >= 4 is 39.8 Å². The number of hydrogen-bond acceptors (Lipinski definition) is 5. The number of halogens is 1. The first-order valence-corrected chi connectivity index (χ1v) is 9.66. The van der Waals surface area contributed by atoms with Crippen LogP contribution in [0.5, 0.6) is 5.75 Å². The van der Waals surface area contributed by atoms with Crippen LogP contribution in [0.25, 0.3) is 10.8 Å². The molecule has 1 aliphatic heterocycles. The van der Waals surface area contributed by atoms with Crippen LogP contribution in [-0.4, -0.2) is 40.0 Å². The van der Waals surface area contributed by atoms with E-state index in [1.807, 2.05) is 35.2 Å². The first kappa shape index (κ1) is 18.5. The molecule has 0 aliphatic carbocycles. The van der Waals surface area contributed by atoms with Crippen LogP contribution in [0, 0.1) is 0 Å². The highest BCUT2D eigenvalue weighted by Crippen LogP contribution is 2.29. The number of nitrogens with zero attached hydrogens (tertiary/aromatic N) is 3. The summed E-state index contributed by atoms with van der Waals surface area (Å²) in [6.07, 6.45) is 5.37. The summed E-state index contributed by atoms with van der Waals surface area (Å²) in [6.45, 7) is 3.06. The van der Waals surface area contributed by atoms with Crippen molar-refractivity contribution in [3.8, 4) is 5.75 Å². The zero-order valence-corrected chi connectivity index (χ0v) is 16.3. The van der Waals surface area contributed by atoms with Crippen molar-refractivity contribution in [3.05, 3.63) is 53.9 Å². The second kappa shape index (κ2) is 8.02. The number of pyridine rings is 2. The Hall–Kier alpha value is -2.86. The smallest absolute Gasteiger partial charge is 0.219 e. The fourth-order valence-corrected chi connectivity index (χ4v) is 3.54. The van der Waals surface area contributed by atoms with Gasteiger partial charge in [-0.05, 0) is 54.6 Å². The van der Waals surface area contributed by atoms with Crippen molar-refractivity contribution in [2.24, 2.45) is 0 Å². The molecule has 6 nitrogen and oxygen atoms in total. The van der Waals surface area contributed by atoms with E-state index in [-0.39, 0.29) is 12.0 Å². The maximum Gasteiger partial charge on any atom is 0.219 e. The van der Waals surface area contributed by atoms with Gasteiger partial charge in [-0.15, -0.1) is 0 Å². The fourth-order valence-electron chi connectivity index (χ4n) is 3.43. The molecule has 28 heavy (non-hydrogen) atoms. The van der Waals surface area contributed by atoms with Gasteiger partial charge in [-0.1, -0.05) is 11.6 Å². The summed E-state index contributed by atoms with van der Waals surface area (Å²) < 4.78 is 6.16. The van der Waals surface area contributed by atoms with E-state index in [1.165, 1.54) is 0 Å². The van der Waals surface area contributed by atoms with E-state index < -0.39 is 0 Å². The second-order valence-electron chi connectivity index (χ2n) is 6.88. The molecule has 2 aromatic heterocycles. The summed E-state index contributed by atoms with van der Waals surface area (Å²) in [5, 5.41) is 5.73. The Morgan fingerprint density at radius 2 is 2.14 bits per heavy atom. The molecule has 4 rings (SSSR count). The van der Waals surface area contributed by atoms with E-state index >= 15 is 0 Å². The van der Waals surface area contributed by atoms with Crippen LogP contribution in [0.3, 0.4) is 0 Å². The van der Waals surface area contributed by atoms with Crippen molar-refractivity contribution in [1.29, 1.82) is 0 Å². The zero-order chi connectivity index (χ0) is 19.5. The number of piperidine rings is 1. The van der Waals surface area contributed by atoms with Crippen LogP contribution in [0.4, 0.5) is 11.5 Å². The van der Waals surface area contributed by atoms with Crippen LogP contribution >= 0.6 is 11.6 Å². The van der Waals surface area contributed by atoms with Crippen molar-refractivity contribution in [3.63, 3.8) is 0 Å². The summed E-state index contributed by atoms with van der Waals surface area (Å²) in [5.41, 5.74) is 0.816. The molecule has 1 unspecified atom stereocenters. The van der Waals surface area contributed by atoms with E-state index in [0.717, 1.165) is 47.4 Å². The van der Waals surface area contributed by atoms with E-state index in [0.29, 0.717) is 11.7 Å². The van der Waals surface area contributed by atoms with E-state index in [2.05, 4.69) is 15.3 Å². The molecule has 3 heterocycles. The third kappa shape index (κ3) is 4.17. The van der Waals surface area contributed by atoms with Gasteiger partial charge in [0.2, 0.25) is 5.91 Å². The van der Waals surface area contributed by atoms with Crippen LogP contribution in [0.2, 0.25) is 5.15 Å². The number of rotatable bonds is 4. The van der Waals surface area contributed by atoms with E-state index in [4.69, 9.17) is 16.3 Å². The molecule has 0 radical (unpaired) electrons. The van der Waals surface area contributed by atoms with Gasteiger partial charge in [0, 0.05) is 25.1 Å². The lowest BCUT2D eigenvalue weighted by Crippen LogP contribution is -2.43. The average Bonchev–Trinajstić information content (AvgIpc) is 2.70. The average molecular weight is 397 g/mol. The van der Waals surface area contributed by atoms with Gasteiger partial charge in [0.05, 0.1) is 18.4 Å². The van der Waals surface area contributed by atoms with Crippen LogP contribution in [0.1, 0.15) is 19.8 Å². The molecular weight excluding hydrogens is 376 g/mol. The van der Waals surface area contributed by atoms with Crippen molar-refractivity contribution in [2.45, 2.75) is 25.9 Å². The van der Waals surface area contributed by atoms with Gasteiger partial charge in [-0.3, -0.25) is 4.79 Å². The number of nitrogens with one attached hydrogen (secondary N) is 1. The van der Waals surface area contributed by atoms with Crippen LogP contribution < -0.4 is 10.1 Å². The highest BCUT2D eigenvalue weighted by molar-refractivity contribution is 6.29. The first-order chi connectivity index (χ1) is 13.6. The Bertz CT molecular complexity index is 993. The molecule has 3 aromatic rings. The number of benzene rings is 1. The lowest BCUT2D eigenvalue weighted by atomic mass is 10.1. The summed E-state index contributed by atoms with van der Waals surface area (Å²) in [6, 6.07) is 11.5. The molecule has 1 aromatic carbocycles. The Morgan fingerprint density at radius 1 is 1.25 bits per heavy atom. The number of fused-ring (bicyclic) bond motifs is 1. The number of likely N-dealkylation sites (tertiary alicyclic amines) is 1. The van der Waals surface area contributed by atoms with Crippen molar-refractivity contribution < 1.29 is 9.53 Å². The standard InChI is InChI=1S/C21H21ClN4O2/c1-14(27)26-10-2-3-18(13-26)28-17-5-6-19-15(11-17)8-9-23-21(19)25-16-4-7-20(22)24-12-16/h4-9,11-12,18H,2-3,10,13H2,1H3,(H,23,25). The molecule has 1 aliphatic rings. The molecule has 1 amide bonds. The number of carbonyl (C=O) groups excluding carboxylic acids is 1. The first-order valence-electron chi connectivity index (χ1n) is 9.28. The minimum Gasteiger partial charge on any atom is -0.489 e. The number of anilines is 2. The Balaban J connectivity index is 1.53. The topological polar surface area (TPSA) is 67.3 Å². The maximum absolute atomic E-state index is 11.6. The predicted octanol–water partition coefficient (Wildman–Crippen LogP) is 4.42. The minimum atomic E-state index is 0.0228. The summed E-state index contributed by atoms with van der Waals surface area (Å²) in [5.74, 6) is 1.65. The summed E-state index contributed by atoms with van der Waals surface area (Å²) in [7, 11) is 0. The number of ether oxygens (including phenoxy) is 1. The van der Waals surface area contributed by atoms with E-state index in [9.17, 15) is 4.79 Å². The van der Waals surface area contributed by atoms with Gasteiger partial charge >= 0.3 is 0 Å². The van der Waals surface area contributed by atoms with Gasteiger partial charge < -0.3 is 15.0 Å². The Kier molecular flexibility index (Phi) is 5.30. The Morgan fingerprint density at radius 3 is 2.93 bits per heavy atom. The Labute approximate surface area is 168 Å². The van der Waals surface area contributed by atoms with Gasteiger partial charge in [0.1, 0.15) is 22.8 Å². The zero-order valence-electron chi connectivity index (χ0n) is 15.6. The van der Waals surface area contributed by atoms with Gasteiger partial charge in [-0.2, -0.15) is 0 Å². The molecule has 0 bridgehead atoms. The molecule has 1 atom stereocenters. The summed E-state index contributed by atoms with van der Waals surface area (Å²) in [4.78, 5) is 22.0. The third-order valence-corrected chi connectivity index (χ3v) is 5.08. The van der Waals surface area contributed by atoms with Gasteiger partial charge in [0.15, 0.2) is 0 Å². The molecule has 1 N–H and O–H groups in total. The molecule has 0 saturated carbocycles. The second-order valence-corrected chi connectivity index (χ2v) is 7.27. The number of hydrogen-bond donors (Lipinski definition) is 1. The highest BCUT2D eigenvalue weighted by Gasteiger charge is 2.22. The van der Waals surface area contributed by atoms with E-state index in [1.54, 1.807) is 25.4 Å². The molecule has 1 fully saturated rings. The lowest BCUT2D eigenvalue weighted by Gasteiger charge is -2.32. The van der Waals surface area contributed by atoms with Crippen molar-refractivity contribution in [1.82, 2.24) is 14.9 Å². The summed E-state index contributed by atoms with van der Waals surface area (Å²) >= 11 is 5.84. The minimum absolute atomic E-state index is 0.0228. The largest absolute Gasteiger partial charge is 0.489 e. The maximum atomic E-state index is 11.6. The van der Waals surface area contributed by atoms with Gasteiger partial charge in [-0.25, -0.2) is 9.97 Å². The molecule has 1 saturated heterocycles. The van der Waals surface area contributed by atoms with Gasteiger partial charge in [0.25, 0.3) is 0 Å². The third-order valence-electron chi connectivity index (χ3n) is 4.85. The van der Waals surface area contributed by atoms with Crippen LogP contribution in [0.15, 0.2) is 48.8 Å². The number of amides is 1. The highest BCUT2D eigenvalue weighted by atomic mass is 35.5. The molecule has 7 heteroatoms. The quantitative estimate of drug-likeness (QED) is 0.661. The molecule has 0 spiro atoms. The molecule has 144 valence electrons. The number of aromatic nitrogens is 2. The fraction of sp³-hybridized carbons (Fsp3) is 0.286. The predicted molar refractivity (Wildman–Crippen MR) is 110 cm³/mol. The normalized spacial score (nSPS) is 16.8. The molecular formula is C21H21ClN4O2. The number of carbonyl (C=O) groups is 1.